The average Bonchev–Trinajstić information content (AvgIpc) is 2.66. The lowest BCUT2D eigenvalue weighted by Crippen LogP contribution is -2.48. The largest absolute Gasteiger partial charge is 0.416 e. The van der Waals surface area contributed by atoms with Gasteiger partial charge in [-0.25, -0.2) is 0 Å². The van der Waals surface area contributed by atoms with Crippen LogP contribution in [0, 0.1) is 0 Å². The Morgan fingerprint density at radius 3 is 2.10 bits per heavy atom. The van der Waals surface area contributed by atoms with Gasteiger partial charge in [0.25, 0.3) is 0 Å². The Labute approximate surface area is 163 Å². The van der Waals surface area contributed by atoms with Crippen LogP contribution >= 0.6 is 0 Å². The molecule has 2 aromatic carbocycles. The normalized spacial score (nSPS) is 23.2. The topological polar surface area (TPSA) is 30.5 Å². The molecule has 0 aromatic heterocycles. The number of morpholine rings is 1. The van der Waals surface area contributed by atoms with Gasteiger partial charge in [0, 0.05) is 6.04 Å². The SMILES string of the molecule is C[C@H]1CO[C@@H](OCc2cc(C(F)(F)F)cc(C(F)(F)F)c2)[C@@H](c2ccccc2)N1. The van der Waals surface area contributed by atoms with Crippen molar-refractivity contribution in [2.75, 3.05) is 6.61 Å². The standard InChI is InChI=1S/C20H19F6NO2/c1-12-10-28-18(17(27-12)14-5-3-2-4-6-14)29-11-13-7-15(19(21,22)23)9-16(8-13)20(24,25)26/h2-9,12,17-18,27H,10-11H2,1H3/t12-,17+,18-/m0/s1. The zero-order chi connectivity index (χ0) is 21.2. The van der Waals surface area contributed by atoms with Gasteiger partial charge < -0.3 is 14.8 Å². The monoisotopic (exact) mass is 419 g/mol. The van der Waals surface area contributed by atoms with Crippen LogP contribution in [0.3, 0.4) is 0 Å². The molecule has 0 aliphatic carbocycles. The molecule has 1 aliphatic rings. The van der Waals surface area contributed by atoms with Crippen molar-refractivity contribution in [2.45, 2.75) is 44.3 Å². The lowest BCUT2D eigenvalue weighted by Gasteiger charge is -2.36. The number of halogens is 6. The number of nitrogens with one attached hydrogen (secondary N) is 1. The number of rotatable bonds is 4. The Hall–Kier alpha value is -2.10. The quantitative estimate of drug-likeness (QED) is 0.681. The first kappa shape index (κ1) is 21.6. The van der Waals surface area contributed by atoms with Crippen molar-refractivity contribution in [1.82, 2.24) is 5.32 Å². The Bertz CT molecular complexity index is 790. The molecule has 0 bridgehead atoms. The minimum atomic E-state index is -4.90. The fraction of sp³-hybridized carbons (Fsp3) is 0.400. The third-order valence-corrected chi connectivity index (χ3v) is 4.47. The minimum absolute atomic E-state index is 0.00504. The number of ether oxygens (including phenoxy) is 2. The molecule has 2 aromatic rings. The van der Waals surface area contributed by atoms with E-state index in [0.29, 0.717) is 18.7 Å². The Kier molecular flexibility index (Phi) is 6.21. The Morgan fingerprint density at radius 1 is 0.966 bits per heavy atom. The summed E-state index contributed by atoms with van der Waals surface area (Å²) in [5.74, 6) is 0. The number of hydrogen-bond donors (Lipinski definition) is 1. The molecule has 0 unspecified atom stereocenters. The van der Waals surface area contributed by atoms with Crippen molar-refractivity contribution in [3.63, 3.8) is 0 Å². The molecular formula is C20H19F6NO2. The molecule has 158 valence electrons. The van der Waals surface area contributed by atoms with E-state index in [1.807, 2.05) is 37.3 Å². The molecule has 0 radical (unpaired) electrons. The van der Waals surface area contributed by atoms with Gasteiger partial charge in [0.2, 0.25) is 0 Å². The number of benzene rings is 2. The number of alkyl halides is 6. The highest BCUT2D eigenvalue weighted by Crippen LogP contribution is 2.36. The molecule has 3 nitrogen and oxygen atoms in total. The molecule has 3 atom stereocenters. The zero-order valence-electron chi connectivity index (χ0n) is 15.3. The molecule has 9 heteroatoms. The van der Waals surface area contributed by atoms with Crippen LogP contribution in [0.15, 0.2) is 48.5 Å². The van der Waals surface area contributed by atoms with E-state index in [-0.39, 0.29) is 17.7 Å². The summed E-state index contributed by atoms with van der Waals surface area (Å²) in [4.78, 5) is 0. The van der Waals surface area contributed by atoms with Crippen molar-refractivity contribution in [3.05, 3.63) is 70.8 Å². The predicted molar refractivity (Wildman–Crippen MR) is 92.8 cm³/mol. The highest BCUT2D eigenvalue weighted by Gasteiger charge is 2.37. The summed E-state index contributed by atoms with van der Waals surface area (Å²) in [7, 11) is 0. The van der Waals surface area contributed by atoms with Gasteiger partial charge in [-0.05, 0) is 36.2 Å². The molecule has 1 saturated heterocycles. The average molecular weight is 419 g/mol. The minimum Gasteiger partial charge on any atom is -0.349 e. The predicted octanol–water partition coefficient (Wildman–Crippen LogP) is 5.32. The van der Waals surface area contributed by atoms with Gasteiger partial charge in [-0.3, -0.25) is 0 Å². The van der Waals surface area contributed by atoms with Crippen LogP contribution in [0.25, 0.3) is 0 Å². The van der Waals surface area contributed by atoms with Crippen LogP contribution in [0.4, 0.5) is 26.3 Å². The summed E-state index contributed by atoms with van der Waals surface area (Å²) in [6.07, 6.45) is -10.7. The summed E-state index contributed by atoms with van der Waals surface area (Å²) < 4.78 is 89.3. The third kappa shape index (κ3) is 5.49. The lowest BCUT2D eigenvalue weighted by molar-refractivity contribution is -0.192. The van der Waals surface area contributed by atoms with Crippen LogP contribution in [0.1, 0.15) is 35.2 Å². The van der Waals surface area contributed by atoms with Crippen LogP contribution in [0.5, 0.6) is 0 Å². The smallest absolute Gasteiger partial charge is 0.349 e. The molecule has 29 heavy (non-hydrogen) atoms. The highest BCUT2D eigenvalue weighted by molar-refractivity contribution is 5.33. The second kappa shape index (κ2) is 8.33. The maximum Gasteiger partial charge on any atom is 0.416 e. The first-order valence-corrected chi connectivity index (χ1v) is 8.86. The lowest BCUT2D eigenvalue weighted by atomic mass is 10.0. The molecule has 0 saturated carbocycles. The van der Waals surface area contributed by atoms with Crippen molar-refractivity contribution in [1.29, 1.82) is 0 Å². The van der Waals surface area contributed by atoms with E-state index in [2.05, 4.69) is 5.32 Å². The fourth-order valence-electron chi connectivity index (χ4n) is 3.11. The van der Waals surface area contributed by atoms with Crippen molar-refractivity contribution in [2.24, 2.45) is 0 Å². The van der Waals surface area contributed by atoms with E-state index in [0.717, 1.165) is 5.56 Å². The van der Waals surface area contributed by atoms with E-state index < -0.39 is 42.4 Å². The van der Waals surface area contributed by atoms with Crippen molar-refractivity contribution >= 4 is 0 Å². The van der Waals surface area contributed by atoms with Gasteiger partial charge >= 0.3 is 12.4 Å². The summed E-state index contributed by atoms with van der Waals surface area (Å²) >= 11 is 0. The second-order valence-corrected chi connectivity index (χ2v) is 6.88. The van der Waals surface area contributed by atoms with Gasteiger partial charge in [0.15, 0.2) is 6.29 Å². The summed E-state index contributed by atoms with van der Waals surface area (Å²) in [5, 5.41) is 3.28. The summed E-state index contributed by atoms with van der Waals surface area (Å²) in [6.45, 7) is 1.73. The van der Waals surface area contributed by atoms with Gasteiger partial charge in [-0.1, -0.05) is 30.3 Å². The molecule has 0 amide bonds. The van der Waals surface area contributed by atoms with E-state index in [4.69, 9.17) is 9.47 Å². The van der Waals surface area contributed by atoms with Crippen LogP contribution in [-0.2, 0) is 28.4 Å². The Balaban J connectivity index is 1.82. The molecule has 3 rings (SSSR count). The van der Waals surface area contributed by atoms with Gasteiger partial charge in [-0.15, -0.1) is 0 Å². The molecule has 1 fully saturated rings. The third-order valence-electron chi connectivity index (χ3n) is 4.47. The van der Waals surface area contributed by atoms with Gasteiger partial charge in [0.1, 0.15) is 0 Å². The van der Waals surface area contributed by atoms with E-state index >= 15 is 0 Å². The highest BCUT2D eigenvalue weighted by atomic mass is 19.4. The van der Waals surface area contributed by atoms with Gasteiger partial charge in [0.05, 0.1) is 30.4 Å². The van der Waals surface area contributed by atoms with Crippen molar-refractivity contribution < 1.29 is 35.8 Å². The van der Waals surface area contributed by atoms with E-state index in [9.17, 15) is 26.3 Å². The maximum absolute atomic E-state index is 13.0. The van der Waals surface area contributed by atoms with Crippen molar-refractivity contribution in [3.8, 4) is 0 Å². The summed E-state index contributed by atoms with van der Waals surface area (Å²) in [6, 6.07) is 10.1. The summed E-state index contributed by atoms with van der Waals surface area (Å²) in [5.41, 5.74) is -2.14. The maximum atomic E-state index is 13.0. The fourth-order valence-corrected chi connectivity index (χ4v) is 3.11. The van der Waals surface area contributed by atoms with Crippen LogP contribution in [0.2, 0.25) is 0 Å². The molecule has 1 aliphatic heterocycles. The van der Waals surface area contributed by atoms with E-state index in [1.165, 1.54) is 0 Å². The first-order valence-electron chi connectivity index (χ1n) is 8.86. The zero-order valence-corrected chi connectivity index (χ0v) is 15.3. The second-order valence-electron chi connectivity index (χ2n) is 6.88. The van der Waals surface area contributed by atoms with E-state index in [1.54, 1.807) is 0 Å². The van der Waals surface area contributed by atoms with Crippen LogP contribution < -0.4 is 5.32 Å². The van der Waals surface area contributed by atoms with Gasteiger partial charge in [-0.2, -0.15) is 26.3 Å². The first-order chi connectivity index (χ1) is 13.5. The molecular weight excluding hydrogens is 400 g/mol. The number of hydrogen-bond acceptors (Lipinski definition) is 3. The molecule has 0 spiro atoms. The molecule has 1 N–H and O–H groups in total. The van der Waals surface area contributed by atoms with Crippen LogP contribution in [-0.4, -0.2) is 18.9 Å². The molecule has 1 heterocycles. The Morgan fingerprint density at radius 2 is 1.55 bits per heavy atom.